The molecule has 0 spiro atoms. The van der Waals surface area contributed by atoms with Gasteiger partial charge >= 0.3 is 0 Å². The molecule has 0 saturated carbocycles. The Morgan fingerprint density at radius 3 is 2.70 bits per heavy atom. The van der Waals surface area contributed by atoms with E-state index in [2.05, 4.69) is 5.32 Å². The lowest BCUT2D eigenvalue weighted by atomic mass is 10.1. The molecule has 0 aliphatic carbocycles. The highest BCUT2D eigenvalue weighted by molar-refractivity contribution is 6.31. The molecule has 104 valence electrons. The molecule has 5 heteroatoms. The first kappa shape index (κ1) is 14.3. The number of amides is 1. The van der Waals surface area contributed by atoms with Crippen LogP contribution in [0.5, 0.6) is 0 Å². The van der Waals surface area contributed by atoms with Gasteiger partial charge in [-0.1, -0.05) is 35.9 Å². The summed E-state index contributed by atoms with van der Waals surface area (Å²) in [6.07, 6.45) is 1.95. The van der Waals surface area contributed by atoms with Crippen molar-refractivity contribution in [1.29, 1.82) is 0 Å². The Morgan fingerprint density at radius 2 is 2.00 bits per heavy atom. The summed E-state index contributed by atoms with van der Waals surface area (Å²) in [6.45, 7) is 0.386. The first-order valence-electron chi connectivity index (χ1n) is 6.22. The van der Waals surface area contributed by atoms with Gasteiger partial charge in [0.1, 0.15) is 0 Å². The molecule has 1 amide bonds. The van der Waals surface area contributed by atoms with Crippen molar-refractivity contribution in [3.05, 3.63) is 69.1 Å². The van der Waals surface area contributed by atoms with Crippen LogP contribution in [0.25, 0.3) is 0 Å². The molecule has 0 atom stereocenters. The molecule has 0 aliphatic rings. The number of nitrogens with one attached hydrogen (secondary N) is 1. The molecule has 1 aromatic carbocycles. The summed E-state index contributed by atoms with van der Waals surface area (Å²) < 4.78 is 1.48. The van der Waals surface area contributed by atoms with Gasteiger partial charge in [0, 0.05) is 30.9 Å². The number of aromatic nitrogens is 1. The summed E-state index contributed by atoms with van der Waals surface area (Å²) in [5, 5.41) is 3.40. The standard InChI is InChI=1S/C15H15ClN2O2/c1-18-10-11(6-7-15(18)20)9-17-14(19)8-12-4-2-3-5-13(12)16/h2-7,10H,8-9H2,1H3,(H,17,19). The quantitative estimate of drug-likeness (QED) is 0.935. The Bertz CT molecular complexity index is 680. The topological polar surface area (TPSA) is 51.1 Å². The number of hydrogen-bond acceptors (Lipinski definition) is 2. The number of hydrogen-bond donors (Lipinski definition) is 1. The molecule has 1 heterocycles. The van der Waals surface area contributed by atoms with Crippen molar-refractivity contribution in [1.82, 2.24) is 9.88 Å². The zero-order valence-electron chi connectivity index (χ0n) is 11.1. The Balaban J connectivity index is 1.94. The molecule has 0 radical (unpaired) electrons. The minimum absolute atomic E-state index is 0.0730. The Labute approximate surface area is 122 Å². The minimum Gasteiger partial charge on any atom is -0.352 e. The number of benzene rings is 1. The van der Waals surface area contributed by atoms with E-state index in [1.807, 2.05) is 18.2 Å². The molecular weight excluding hydrogens is 276 g/mol. The third-order valence-corrected chi connectivity index (χ3v) is 3.31. The van der Waals surface area contributed by atoms with Crippen LogP contribution in [0.4, 0.5) is 0 Å². The Kier molecular flexibility index (Phi) is 4.58. The lowest BCUT2D eigenvalue weighted by molar-refractivity contribution is -0.120. The van der Waals surface area contributed by atoms with E-state index in [0.29, 0.717) is 11.6 Å². The molecular formula is C15H15ClN2O2. The number of nitrogens with zero attached hydrogens (tertiary/aromatic N) is 1. The zero-order valence-corrected chi connectivity index (χ0v) is 11.9. The van der Waals surface area contributed by atoms with Crippen molar-refractivity contribution < 1.29 is 4.79 Å². The van der Waals surface area contributed by atoms with E-state index in [4.69, 9.17) is 11.6 Å². The first-order valence-corrected chi connectivity index (χ1v) is 6.60. The lowest BCUT2D eigenvalue weighted by Gasteiger charge is -2.07. The molecule has 2 aromatic rings. The van der Waals surface area contributed by atoms with Crippen molar-refractivity contribution in [2.75, 3.05) is 0 Å². The highest BCUT2D eigenvalue weighted by Gasteiger charge is 2.06. The van der Waals surface area contributed by atoms with Crippen molar-refractivity contribution >= 4 is 17.5 Å². The number of carbonyl (C=O) groups is 1. The largest absolute Gasteiger partial charge is 0.352 e. The van der Waals surface area contributed by atoms with Crippen LogP contribution in [0.3, 0.4) is 0 Å². The van der Waals surface area contributed by atoms with E-state index >= 15 is 0 Å². The average Bonchev–Trinajstić information content (AvgIpc) is 2.43. The van der Waals surface area contributed by atoms with Gasteiger partial charge in [0.2, 0.25) is 11.5 Å². The van der Waals surface area contributed by atoms with Gasteiger partial charge in [0.05, 0.1) is 6.42 Å². The summed E-state index contributed by atoms with van der Waals surface area (Å²) in [5.41, 5.74) is 1.60. The van der Waals surface area contributed by atoms with Gasteiger partial charge in [-0.3, -0.25) is 9.59 Å². The molecule has 0 fully saturated rings. The van der Waals surface area contributed by atoms with E-state index in [9.17, 15) is 9.59 Å². The van der Waals surface area contributed by atoms with Crippen LogP contribution in [-0.4, -0.2) is 10.5 Å². The van der Waals surface area contributed by atoms with Gasteiger partial charge in [-0.15, -0.1) is 0 Å². The molecule has 2 rings (SSSR count). The van der Waals surface area contributed by atoms with Gasteiger partial charge < -0.3 is 9.88 Å². The summed E-state index contributed by atoms with van der Waals surface area (Å²) >= 11 is 6.01. The molecule has 1 aromatic heterocycles. The van der Waals surface area contributed by atoms with Crippen molar-refractivity contribution in [3.63, 3.8) is 0 Å². The highest BCUT2D eigenvalue weighted by Crippen LogP contribution is 2.15. The average molecular weight is 291 g/mol. The molecule has 0 saturated heterocycles. The van der Waals surface area contributed by atoms with Crippen LogP contribution in [0.2, 0.25) is 5.02 Å². The second-order valence-electron chi connectivity index (χ2n) is 4.53. The van der Waals surface area contributed by atoms with Crippen molar-refractivity contribution in [2.45, 2.75) is 13.0 Å². The van der Waals surface area contributed by atoms with Crippen LogP contribution in [-0.2, 0) is 24.8 Å². The number of aryl methyl sites for hydroxylation is 1. The molecule has 4 nitrogen and oxygen atoms in total. The number of halogens is 1. The predicted octanol–water partition coefficient (Wildman–Crippen LogP) is 1.90. The SMILES string of the molecule is Cn1cc(CNC(=O)Cc2ccccc2Cl)ccc1=O. The van der Waals surface area contributed by atoms with Crippen LogP contribution < -0.4 is 10.9 Å². The van der Waals surface area contributed by atoms with Crippen LogP contribution >= 0.6 is 11.6 Å². The van der Waals surface area contributed by atoms with Crippen molar-refractivity contribution in [3.8, 4) is 0 Å². The molecule has 0 aliphatic heterocycles. The van der Waals surface area contributed by atoms with Crippen LogP contribution in [0.15, 0.2) is 47.4 Å². The minimum atomic E-state index is -0.105. The highest BCUT2D eigenvalue weighted by atomic mass is 35.5. The fourth-order valence-electron chi connectivity index (χ4n) is 1.83. The fourth-order valence-corrected chi connectivity index (χ4v) is 2.04. The smallest absolute Gasteiger partial charge is 0.250 e. The van der Waals surface area contributed by atoms with Gasteiger partial charge in [-0.25, -0.2) is 0 Å². The van der Waals surface area contributed by atoms with E-state index in [1.165, 1.54) is 10.6 Å². The third-order valence-electron chi connectivity index (χ3n) is 2.95. The van der Waals surface area contributed by atoms with E-state index in [-0.39, 0.29) is 17.9 Å². The first-order chi connectivity index (χ1) is 9.56. The summed E-state index contributed by atoms with van der Waals surface area (Å²) in [7, 11) is 1.68. The van der Waals surface area contributed by atoms with Gasteiger partial charge in [-0.05, 0) is 17.2 Å². The maximum Gasteiger partial charge on any atom is 0.250 e. The predicted molar refractivity (Wildman–Crippen MR) is 78.7 cm³/mol. The number of pyridine rings is 1. The van der Waals surface area contributed by atoms with Gasteiger partial charge in [0.25, 0.3) is 0 Å². The Morgan fingerprint density at radius 1 is 1.25 bits per heavy atom. The summed E-state index contributed by atoms with van der Waals surface area (Å²) in [5.74, 6) is -0.105. The zero-order chi connectivity index (χ0) is 14.5. The normalized spacial score (nSPS) is 10.3. The van der Waals surface area contributed by atoms with Gasteiger partial charge in [-0.2, -0.15) is 0 Å². The maximum atomic E-state index is 11.9. The monoisotopic (exact) mass is 290 g/mol. The Hall–Kier alpha value is -2.07. The second-order valence-corrected chi connectivity index (χ2v) is 4.94. The number of carbonyl (C=O) groups excluding carboxylic acids is 1. The molecule has 1 N–H and O–H groups in total. The summed E-state index contributed by atoms with van der Waals surface area (Å²) in [6, 6.07) is 10.5. The lowest BCUT2D eigenvalue weighted by Crippen LogP contribution is -2.25. The molecule has 0 unspecified atom stereocenters. The van der Waals surface area contributed by atoms with E-state index < -0.39 is 0 Å². The van der Waals surface area contributed by atoms with Crippen LogP contribution in [0, 0.1) is 0 Å². The van der Waals surface area contributed by atoms with E-state index in [1.54, 1.807) is 25.4 Å². The molecule has 0 bridgehead atoms. The van der Waals surface area contributed by atoms with Crippen LogP contribution in [0.1, 0.15) is 11.1 Å². The van der Waals surface area contributed by atoms with Crippen molar-refractivity contribution in [2.24, 2.45) is 7.05 Å². The molecule has 20 heavy (non-hydrogen) atoms. The maximum absolute atomic E-state index is 11.9. The van der Waals surface area contributed by atoms with E-state index in [0.717, 1.165) is 11.1 Å². The second kappa shape index (κ2) is 6.39. The number of rotatable bonds is 4. The third kappa shape index (κ3) is 3.71. The summed E-state index contributed by atoms with van der Waals surface area (Å²) in [4.78, 5) is 23.1. The fraction of sp³-hybridized carbons (Fsp3) is 0.200. The van der Waals surface area contributed by atoms with Gasteiger partial charge in [0.15, 0.2) is 0 Å².